The van der Waals surface area contributed by atoms with Crippen molar-refractivity contribution in [2.24, 2.45) is 10.7 Å². The van der Waals surface area contributed by atoms with Gasteiger partial charge in [-0.05, 0) is 30.3 Å². The van der Waals surface area contributed by atoms with E-state index >= 15 is 0 Å². The van der Waals surface area contributed by atoms with Crippen molar-refractivity contribution < 1.29 is 4.79 Å². The molecular weight excluding hydrogens is 290 g/mol. The first-order valence-corrected chi connectivity index (χ1v) is 6.55. The van der Waals surface area contributed by atoms with Crippen molar-refractivity contribution in [2.45, 2.75) is 0 Å². The number of hydrogen-bond donors (Lipinski definition) is 2. The summed E-state index contributed by atoms with van der Waals surface area (Å²) < 4.78 is 1.79. The van der Waals surface area contributed by atoms with Gasteiger partial charge in [0.05, 0.1) is 12.2 Å². The van der Waals surface area contributed by atoms with Crippen molar-refractivity contribution >= 4 is 23.2 Å². The number of nitrogens with two attached hydrogens (primary N) is 1. The van der Waals surface area contributed by atoms with Crippen LogP contribution in [-0.4, -0.2) is 27.9 Å². The van der Waals surface area contributed by atoms with Crippen molar-refractivity contribution in [1.82, 2.24) is 15.1 Å². The van der Waals surface area contributed by atoms with Gasteiger partial charge in [-0.15, -0.1) is 0 Å². The van der Waals surface area contributed by atoms with Crippen LogP contribution < -0.4 is 11.1 Å². The lowest BCUT2D eigenvalue weighted by atomic mass is 10.3. The van der Waals surface area contributed by atoms with E-state index in [9.17, 15) is 4.79 Å². The molecular formula is C14H14ClN5O. The second kappa shape index (κ2) is 7.25. The predicted octanol–water partition coefficient (Wildman–Crippen LogP) is 1.51. The van der Waals surface area contributed by atoms with Gasteiger partial charge in [0.25, 0.3) is 5.91 Å². The Kier molecular flexibility index (Phi) is 5.11. The standard InChI is InChI=1S/C9H7ClN2.C5H7N3O/c10-8-2-4-9(5-3-8)12-7-1-6-11-12;6-5(9)4-3-7-1-2-8-4/h1-7H;1-2,7H,3H2,(H2,6,9). The van der Waals surface area contributed by atoms with Crippen molar-refractivity contribution in [1.29, 1.82) is 0 Å². The van der Waals surface area contributed by atoms with Crippen LogP contribution in [0, 0.1) is 0 Å². The number of carbonyl (C=O) groups excluding carboxylic acids is 1. The highest BCUT2D eigenvalue weighted by molar-refractivity contribution is 6.39. The van der Waals surface area contributed by atoms with E-state index in [1.165, 1.54) is 6.20 Å². The van der Waals surface area contributed by atoms with E-state index in [0.717, 1.165) is 10.7 Å². The van der Waals surface area contributed by atoms with Crippen LogP contribution in [0.25, 0.3) is 5.69 Å². The van der Waals surface area contributed by atoms with Crippen LogP contribution in [-0.2, 0) is 4.79 Å². The van der Waals surface area contributed by atoms with Crippen LogP contribution in [0.4, 0.5) is 0 Å². The Hall–Kier alpha value is -2.60. The van der Waals surface area contributed by atoms with Crippen LogP contribution in [0.3, 0.4) is 0 Å². The summed E-state index contributed by atoms with van der Waals surface area (Å²) in [6, 6.07) is 9.43. The number of hydrogen-bond acceptors (Lipinski definition) is 4. The van der Waals surface area contributed by atoms with E-state index in [4.69, 9.17) is 17.3 Å². The van der Waals surface area contributed by atoms with Gasteiger partial charge in [0, 0.05) is 29.8 Å². The number of aliphatic imine (C=N–C) groups is 1. The summed E-state index contributed by atoms with van der Waals surface area (Å²) in [6.45, 7) is 0.436. The second-order valence-corrected chi connectivity index (χ2v) is 4.50. The quantitative estimate of drug-likeness (QED) is 0.882. The molecule has 0 spiro atoms. The summed E-state index contributed by atoms with van der Waals surface area (Å²) in [5.74, 6) is -0.466. The zero-order valence-electron chi connectivity index (χ0n) is 11.1. The Morgan fingerprint density at radius 3 is 2.57 bits per heavy atom. The normalized spacial score (nSPS) is 12.7. The number of nitrogens with one attached hydrogen (secondary N) is 1. The molecule has 6 nitrogen and oxygen atoms in total. The maximum Gasteiger partial charge on any atom is 0.264 e. The number of benzene rings is 1. The number of rotatable bonds is 2. The van der Waals surface area contributed by atoms with Crippen molar-refractivity contribution in [3.05, 3.63) is 60.1 Å². The van der Waals surface area contributed by atoms with Crippen LogP contribution in [0.5, 0.6) is 0 Å². The number of halogens is 1. The van der Waals surface area contributed by atoms with Gasteiger partial charge in [0.15, 0.2) is 0 Å². The molecule has 21 heavy (non-hydrogen) atoms. The molecule has 2 heterocycles. The first-order chi connectivity index (χ1) is 10.2. The van der Waals surface area contributed by atoms with Crippen LogP contribution in [0.2, 0.25) is 5.02 Å². The zero-order valence-corrected chi connectivity index (χ0v) is 11.9. The number of primary amides is 1. The van der Waals surface area contributed by atoms with E-state index in [1.807, 2.05) is 36.5 Å². The summed E-state index contributed by atoms with van der Waals surface area (Å²) >= 11 is 5.74. The molecule has 0 aliphatic carbocycles. The third kappa shape index (κ3) is 4.47. The van der Waals surface area contributed by atoms with Gasteiger partial charge in [-0.2, -0.15) is 5.10 Å². The fourth-order valence-corrected chi connectivity index (χ4v) is 1.67. The van der Waals surface area contributed by atoms with Crippen LogP contribution in [0.1, 0.15) is 0 Å². The molecule has 0 unspecified atom stereocenters. The minimum atomic E-state index is -0.466. The fraction of sp³-hybridized carbons (Fsp3) is 0.0714. The molecule has 3 rings (SSSR count). The molecule has 0 saturated heterocycles. The summed E-state index contributed by atoms with van der Waals surface area (Å²) in [6.07, 6.45) is 6.80. The van der Waals surface area contributed by atoms with E-state index in [2.05, 4.69) is 15.4 Å². The number of nitrogens with zero attached hydrogens (tertiary/aromatic N) is 3. The van der Waals surface area contributed by atoms with Crippen molar-refractivity contribution in [3.63, 3.8) is 0 Å². The lowest BCUT2D eigenvalue weighted by Gasteiger charge is -2.03. The van der Waals surface area contributed by atoms with Crippen LogP contribution in [0.15, 0.2) is 60.1 Å². The van der Waals surface area contributed by atoms with E-state index in [1.54, 1.807) is 17.1 Å². The molecule has 3 N–H and O–H groups in total. The van der Waals surface area contributed by atoms with E-state index < -0.39 is 5.91 Å². The highest BCUT2D eigenvalue weighted by atomic mass is 35.5. The summed E-state index contributed by atoms with van der Waals surface area (Å²) in [7, 11) is 0. The van der Waals surface area contributed by atoms with Gasteiger partial charge >= 0.3 is 0 Å². The number of carbonyl (C=O) groups is 1. The molecule has 0 atom stereocenters. The fourth-order valence-electron chi connectivity index (χ4n) is 1.55. The minimum Gasteiger partial charge on any atom is -0.384 e. The second-order valence-electron chi connectivity index (χ2n) is 4.06. The van der Waals surface area contributed by atoms with Gasteiger partial charge in [-0.3, -0.25) is 9.79 Å². The highest BCUT2D eigenvalue weighted by Crippen LogP contribution is 2.11. The van der Waals surface area contributed by atoms with Gasteiger partial charge in [0.2, 0.25) is 0 Å². The Morgan fingerprint density at radius 2 is 2.10 bits per heavy atom. The number of amides is 1. The van der Waals surface area contributed by atoms with Crippen molar-refractivity contribution in [2.75, 3.05) is 6.54 Å². The maximum atomic E-state index is 10.4. The largest absolute Gasteiger partial charge is 0.384 e. The highest BCUT2D eigenvalue weighted by Gasteiger charge is 2.05. The molecule has 1 aliphatic rings. The molecule has 0 fully saturated rings. The number of aromatic nitrogens is 2. The Bertz CT molecular complexity index is 647. The molecule has 1 aromatic carbocycles. The lowest BCUT2D eigenvalue weighted by Crippen LogP contribution is -2.32. The first-order valence-electron chi connectivity index (χ1n) is 6.17. The molecule has 0 saturated carbocycles. The molecule has 1 aliphatic heterocycles. The summed E-state index contributed by atoms with van der Waals surface area (Å²) in [5.41, 5.74) is 6.31. The lowest BCUT2D eigenvalue weighted by molar-refractivity contribution is -0.112. The topological polar surface area (TPSA) is 85.3 Å². The molecule has 0 bridgehead atoms. The van der Waals surface area contributed by atoms with Gasteiger partial charge < -0.3 is 11.1 Å². The Balaban J connectivity index is 0.000000161. The monoisotopic (exact) mass is 303 g/mol. The van der Waals surface area contributed by atoms with E-state index in [0.29, 0.717) is 12.3 Å². The molecule has 1 aromatic heterocycles. The van der Waals surface area contributed by atoms with Crippen molar-refractivity contribution in [3.8, 4) is 5.69 Å². The molecule has 7 heteroatoms. The smallest absolute Gasteiger partial charge is 0.264 e. The van der Waals surface area contributed by atoms with E-state index in [-0.39, 0.29) is 0 Å². The summed E-state index contributed by atoms with van der Waals surface area (Å²) in [4.78, 5) is 14.1. The third-order valence-electron chi connectivity index (χ3n) is 2.57. The molecule has 2 aromatic rings. The zero-order chi connectivity index (χ0) is 15.1. The third-order valence-corrected chi connectivity index (χ3v) is 2.82. The Morgan fingerprint density at radius 1 is 1.33 bits per heavy atom. The van der Waals surface area contributed by atoms with Gasteiger partial charge in [0.1, 0.15) is 5.71 Å². The Labute approximate surface area is 126 Å². The predicted molar refractivity (Wildman–Crippen MR) is 82.3 cm³/mol. The average Bonchev–Trinajstić information content (AvgIpc) is 3.04. The van der Waals surface area contributed by atoms with Crippen LogP contribution >= 0.6 is 11.6 Å². The molecule has 1 amide bonds. The SMILES string of the molecule is Clc1ccc(-n2cccn2)cc1.NC(=O)C1=NC=CNC1. The first kappa shape index (κ1) is 14.8. The molecule has 108 valence electrons. The minimum absolute atomic E-state index is 0.373. The maximum absolute atomic E-state index is 10.4. The summed E-state index contributed by atoms with van der Waals surface area (Å²) in [5, 5.41) is 7.64. The molecule has 0 radical (unpaired) electrons. The van der Waals surface area contributed by atoms with Gasteiger partial charge in [-0.25, -0.2) is 4.68 Å². The average molecular weight is 304 g/mol. The van der Waals surface area contributed by atoms with Gasteiger partial charge in [-0.1, -0.05) is 11.6 Å².